The first-order chi connectivity index (χ1) is 12.9. The highest BCUT2D eigenvalue weighted by Crippen LogP contribution is 2.06. The van der Waals surface area contributed by atoms with E-state index in [9.17, 15) is 24.9 Å². The van der Waals surface area contributed by atoms with Gasteiger partial charge in [-0.2, -0.15) is 0 Å². The van der Waals surface area contributed by atoms with Gasteiger partial charge in [0.15, 0.2) is 0 Å². The molecule has 1 rings (SSSR count). The molecule has 1 heterocycles. The summed E-state index contributed by atoms with van der Waals surface area (Å²) in [6.45, 7) is 2.61. The van der Waals surface area contributed by atoms with E-state index >= 15 is 0 Å². The number of halogens is 4. The molecule has 0 aromatic rings. The first kappa shape index (κ1) is 38.1. The van der Waals surface area contributed by atoms with Gasteiger partial charge in [0.1, 0.15) is 0 Å². The zero-order valence-electron chi connectivity index (χ0n) is 17.2. The van der Waals surface area contributed by atoms with Crippen LogP contribution in [0.25, 0.3) is 0 Å². The predicted octanol–water partition coefficient (Wildman–Crippen LogP) is -1.93. The Kier molecular flexibility index (Phi) is 26.6. The Morgan fingerprint density at radius 2 is 1.19 bits per heavy atom. The number of nitrogens with one attached hydrogen (secondary N) is 1. The second kappa shape index (κ2) is 21.7. The van der Waals surface area contributed by atoms with Crippen molar-refractivity contribution in [3.05, 3.63) is 0 Å². The van der Waals surface area contributed by atoms with Crippen molar-refractivity contribution >= 4 is 61.6 Å². The molecule has 0 aliphatic carbocycles. The third kappa shape index (κ3) is 16.1. The molecular weight excluding hydrogens is 502 g/mol. The minimum Gasteiger partial charge on any atom is -0.480 e. The topological polar surface area (TPSA) is 157 Å². The van der Waals surface area contributed by atoms with Crippen LogP contribution in [0.15, 0.2) is 0 Å². The number of carboxylic acid groups (broad SMARTS) is 2. The Morgan fingerprint density at radius 3 is 1.65 bits per heavy atom. The molecule has 0 bridgehead atoms. The second-order valence-electron chi connectivity index (χ2n) is 6.63. The van der Waals surface area contributed by atoms with Gasteiger partial charge >= 0.3 is 11.9 Å². The van der Waals surface area contributed by atoms with Gasteiger partial charge in [-0.15, -0.1) is 49.6 Å². The molecule has 6 N–H and O–H groups in total. The number of hydrogen-bond donors (Lipinski definition) is 6. The molecule has 15 heteroatoms. The lowest BCUT2D eigenvalue weighted by Gasteiger charge is -2.35. The quantitative estimate of drug-likeness (QED) is 0.205. The lowest BCUT2D eigenvalue weighted by Crippen LogP contribution is -2.53. The number of carbonyl (C=O) groups is 2. The van der Waals surface area contributed by atoms with E-state index < -0.39 is 30.7 Å². The van der Waals surface area contributed by atoms with E-state index in [-0.39, 0.29) is 69.3 Å². The number of nitrogens with zero attached hydrogens (tertiary/aromatic N) is 3. The third-order valence-electron chi connectivity index (χ3n) is 4.62. The van der Waals surface area contributed by atoms with Gasteiger partial charge < -0.3 is 30.8 Å². The van der Waals surface area contributed by atoms with Gasteiger partial charge in [0.2, 0.25) is 0 Å². The third-order valence-corrected chi connectivity index (χ3v) is 4.62. The fourth-order valence-electron chi connectivity index (χ4n) is 3.11. The maximum Gasteiger partial charge on any atom is 0.317 e. The highest BCUT2D eigenvalue weighted by Gasteiger charge is 2.26. The normalized spacial score (nSPS) is 18.9. The Hall–Kier alpha value is -0.180. The molecule has 0 aromatic heterocycles. The van der Waals surface area contributed by atoms with E-state index in [0.29, 0.717) is 52.4 Å². The molecule has 1 aliphatic rings. The van der Waals surface area contributed by atoms with Gasteiger partial charge in [-0.25, -0.2) is 0 Å². The summed E-state index contributed by atoms with van der Waals surface area (Å²) in [5.74, 6) is -1.91. The number of aliphatic carboxylic acids is 2. The minimum atomic E-state index is -1.10. The molecule has 0 aromatic carbocycles. The van der Waals surface area contributed by atoms with Crippen molar-refractivity contribution in [3.63, 3.8) is 0 Å². The van der Waals surface area contributed by atoms with Crippen LogP contribution < -0.4 is 5.32 Å². The first-order valence-electron chi connectivity index (χ1n) is 9.10. The smallest absolute Gasteiger partial charge is 0.317 e. The van der Waals surface area contributed by atoms with Crippen LogP contribution in [0.3, 0.4) is 0 Å². The van der Waals surface area contributed by atoms with Crippen molar-refractivity contribution in [1.82, 2.24) is 20.0 Å². The standard InChI is InChI=1S/C16H32N4O7.4ClH/c21-11-13(14(23)12-22)20-4-2-17-1-3-18(9-15(24)25)5-6-19(7-8-20)10-16(26)27;;;;/h13-14,17,21-23H,1-12H2,(H,24,25)(H,26,27);4*1H/t13-,14-;;;;/m0..../s1. The molecule has 0 radical (unpaired) electrons. The van der Waals surface area contributed by atoms with Crippen LogP contribution in [-0.4, -0.2) is 143 Å². The second-order valence-corrected chi connectivity index (χ2v) is 6.63. The molecule has 31 heavy (non-hydrogen) atoms. The molecule has 0 saturated carbocycles. The monoisotopic (exact) mass is 536 g/mol. The summed E-state index contributed by atoms with van der Waals surface area (Å²) in [4.78, 5) is 27.4. The van der Waals surface area contributed by atoms with Gasteiger partial charge in [-0.3, -0.25) is 24.3 Å². The minimum absolute atomic E-state index is 0. The number of carboxylic acids is 2. The van der Waals surface area contributed by atoms with Crippen molar-refractivity contribution in [3.8, 4) is 0 Å². The Bertz CT molecular complexity index is 472. The average molecular weight is 538 g/mol. The molecular formula is C16H36Cl4N4O7. The van der Waals surface area contributed by atoms with Crippen molar-refractivity contribution < 1.29 is 35.1 Å². The summed E-state index contributed by atoms with van der Waals surface area (Å²) >= 11 is 0. The molecule has 11 nitrogen and oxygen atoms in total. The lowest BCUT2D eigenvalue weighted by atomic mass is 10.1. The largest absolute Gasteiger partial charge is 0.480 e. The molecule has 0 unspecified atom stereocenters. The van der Waals surface area contributed by atoms with Crippen molar-refractivity contribution in [1.29, 1.82) is 0 Å². The Morgan fingerprint density at radius 1 is 0.742 bits per heavy atom. The molecule has 1 aliphatic heterocycles. The summed E-state index contributed by atoms with van der Waals surface area (Å²) in [6.07, 6.45) is -1.10. The van der Waals surface area contributed by atoms with Crippen LogP contribution in [0.2, 0.25) is 0 Å². The zero-order chi connectivity index (χ0) is 20.2. The number of aliphatic hydroxyl groups excluding tert-OH is 3. The van der Waals surface area contributed by atoms with Gasteiger partial charge in [0.05, 0.1) is 38.4 Å². The summed E-state index contributed by atoms with van der Waals surface area (Å²) in [6, 6.07) is -0.644. The van der Waals surface area contributed by atoms with E-state index in [4.69, 9.17) is 10.2 Å². The van der Waals surface area contributed by atoms with Crippen LogP contribution in [0, 0.1) is 0 Å². The van der Waals surface area contributed by atoms with Gasteiger partial charge in [0.25, 0.3) is 0 Å². The Balaban J connectivity index is -0.000000911. The van der Waals surface area contributed by atoms with Crippen molar-refractivity contribution in [2.24, 2.45) is 0 Å². The van der Waals surface area contributed by atoms with Gasteiger partial charge in [-0.05, 0) is 0 Å². The highest BCUT2D eigenvalue weighted by molar-refractivity contribution is 5.86. The van der Waals surface area contributed by atoms with E-state index in [2.05, 4.69) is 5.32 Å². The van der Waals surface area contributed by atoms with Gasteiger partial charge in [0, 0.05) is 52.4 Å². The maximum absolute atomic E-state index is 11.1. The first-order valence-corrected chi connectivity index (χ1v) is 9.10. The average Bonchev–Trinajstić information content (AvgIpc) is 2.60. The molecule has 190 valence electrons. The van der Waals surface area contributed by atoms with Crippen LogP contribution in [0.5, 0.6) is 0 Å². The van der Waals surface area contributed by atoms with Crippen molar-refractivity contribution in [2.45, 2.75) is 12.1 Å². The summed E-state index contributed by atoms with van der Waals surface area (Å²) < 4.78 is 0. The highest BCUT2D eigenvalue weighted by atomic mass is 35.5. The van der Waals surface area contributed by atoms with Crippen molar-refractivity contribution in [2.75, 3.05) is 78.7 Å². The predicted molar refractivity (Wildman–Crippen MR) is 126 cm³/mol. The number of hydrogen-bond acceptors (Lipinski definition) is 9. The SMILES string of the molecule is Cl.Cl.Cl.Cl.O=C(O)CN1CCNCCN([C@@H](CO)[C@@H](O)CO)CCN(CC(=O)O)CC1. The van der Waals surface area contributed by atoms with Crippen LogP contribution >= 0.6 is 49.6 Å². The number of aliphatic hydroxyl groups is 3. The lowest BCUT2D eigenvalue weighted by molar-refractivity contribution is -0.140. The molecule has 0 amide bonds. The summed E-state index contributed by atoms with van der Waals surface area (Å²) in [7, 11) is 0. The van der Waals surface area contributed by atoms with E-state index in [1.807, 2.05) is 4.90 Å². The summed E-state index contributed by atoms with van der Waals surface area (Å²) in [5.41, 5.74) is 0. The molecule has 0 spiro atoms. The Labute approximate surface area is 207 Å². The van der Waals surface area contributed by atoms with Crippen LogP contribution in [0.4, 0.5) is 0 Å². The zero-order valence-corrected chi connectivity index (χ0v) is 20.4. The van der Waals surface area contributed by atoms with E-state index in [0.717, 1.165) is 0 Å². The molecule has 2 atom stereocenters. The number of rotatable bonds is 8. The van der Waals surface area contributed by atoms with Crippen LogP contribution in [-0.2, 0) is 9.59 Å². The fraction of sp³-hybridized carbons (Fsp3) is 0.875. The maximum atomic E-state index is 11.1. The molecule has 1 fully saturated rings. The molecule has 1 saturated heterocycles. The fourth-order valence-corrected chi connectivity index (χ4v) is 3.11. The van der Waals surface area contributed by atoms with E-state index in [1.54, 1.807) is 9.80 Å². The van der Waals surface area contributed by atoms with Crippen LogP contribution in [0.1, 0.15) is 0 Å². The summed E-state index contributed by atoms with van der Waals surface area (Å²) in [5, 5.41) is 50.1. The van der Waals surface area contributed by atoms with E-state index in [1.165, 1.54) is 0 Å². The van der Waals surface area contributed by atoms with Gasteiger partial charge in [-0.1, -0.05) is 0 Å².